The van der Waals surface area contributed by atoms with E-state index in [9.17, 15) is 0 Å². The molecule has 2 aromatic rings. The van der Waals surface area contributed by atoms with E-state index in [1.54, 1.807) is 0 Å². The summed E-state index contributed by atoms with van der Waals surface area (Å²) in [5, 5.41) is 12.1. The summed E-state index contributed by atoms with van der Waals surface area (Å²) in [5.74, 6) is 2.32. The zero-order chi connectivity index (χ0) is 13.4. The van der Waals surface area contributed by atoms with Gasteiger partial charge < -0.3 is 5.73 Å². The van der Waals surface area contributed by atoms with Crippen molar-refractivity contribution in [3.05, 3.63) is 23.8 Å². The molecule has 0 bridgehead atoms. The van der Waals surface area contributed by atoms with Crippen LogP contribution in [-0.4, -0.2) is 20.2 Å². The molecule has 1 saturated carbocycles. The van der Waals surface area contributed by atoms with Crippen LogP contribution in [0.25, 0.3) is 11.4 Å². The summed E-state index contributed by atoms with van der Waals surface area (Å²) in [5.41, 5.74) is 8.72. The minimum Gasteiger partial charge on any atom is -0.399 e. The maximum atomic E-state index is 5.79. The molecule has 0 radical (unpaired) electrons. The Morgan fingerprint density at radius 2 is 2.21 bits per heavy atom. The lowest BCUT2D eigenvalue weighted by atomic mass is 10.1. The summed E-state index contributed by atoms with van der Waals surface area (Å²) in [7, 11) is 0. The quantitative estimate of drug-likeness (QED) is 0.853. The standard InChI is InChI=1S/C14H19N5/c1-9-7-12(15)5-6-13(9)14-16-17-18-19(14)8-10(2)11-3-4-11/h5-7,10-11H,3-4,8,15H2,1-2H3. The van der Waals surface area contributed by atoms with Gasteiger partial charge >= 0.3 is 0 Å². The summed E-state index contributed by atoms with van der Waals surface area (Å²) in [4.78, 5) is 0. The first-order chi connectivity index (χ1) is 9.15. The zero-order valence-corrected chi connectivity index (χ0v) is 11.4. The maximum absolute atomic E-state index is 5.79. The van der Waals surface area contributed by atoms with Crippen LogP contribution in [0.5, 0.6) is 0 Å². The van der Waals surface area contributed by atoms with Crippen molar-refractivity contribution in [1.82, 2.24) is 20.2 Å². The molecule has 100 valence electrons. The van der Waals surface area contributed by atoms with Crippen LogP contribution >= 0.6 is 0 Å². The highest BCUT2D eigenvalue weighted by molar-refractivity contribution is 5.63. The van der Waals surface area contributed by atoms with Gasteiger partial charge in [-0.05, 0) is 65.8 Å². The minimum atomic E-state index is 0.635. The average Bonchev–Trinajstić information content (AvgIpc) is 3.12. The van der Waals surface area contributed by atoms with E-state index < -0.39 is 0 Å². The summed E-state index contributed by atoms with van der Waals surface area (Å²) in [6.07, 6.45) is 2.69. The van der Waals surface area contributed by atoms with Gasteiger partial charge in [0.15, 0.2) is 5.82 Å². The molecule has 19 heavy (non-hydrogen) atoms. The second-order valence-corrected chi connectivity index (χ2v) is 5.57. The van der Waals surface area contributed by atoms with Crippen molar-refractivity contribution in [3.8, 4) is 11.4 Å². The smallest absolute Gasteiger partial charge is 0.182 e. The van der Waals surface area contributed by atoms with Crippen molar-refractivity contribution >= 4 is 5.69 Å². The van der Waals surface area contributed by atoms with Crippen molar-refractivity contribution in [1.29, 1.82) is 0 Å². The topological polar surface area (TPSA) is 69.6 Å². The predicted molar refractivity (Wildman–Crippen MR) is 74.3 cm³/mol. The van der Waals surface area contributed by atoms with Crippen LogP contribution in [-0.2, 0) is 6.54 Å². The molecule has 5 heteroatoms. The Morgan fingerprint density at radius 3 is 2.89 bits per heavy atom. The van der Waals surface area contributed by atoms with Gasteiger partial charge in [-0.2, -0.15) is 0 Å². The minimum absolute atomic E-state index is 0.635. The molecule has 0 aliphatic heterocycles. The number of nitrogens with zero attached hydrogens (tertiary/aromatic N) is 4. The van der Waals surface area contributed by atoms with Crippen molar-refractivity contribution in [3.63, 3.8) is 0 Å². The Balaban J connectivity index is 1.90. The second-order valence-electron chi connectivity index (χ2n) is 5.57. The van der Waals surface area contributed by atoms with Gasteiger partial charge in [0.1, 0.15) is 0 Å². The van der Waals surface area contributed by atoms with Gasteiger partial charge in [0.05, 0.1) is 0 Å². The van der Waals surface area contributed by atoms with Gasteiger partial charge in [-0.1, -0.05) is 6.92 Å². The van der Waals surface area contributed by atoms with E-state index in [1.165, 1.54) is 12.8 Å². The molecule has 1 heterocycles. The SMILES string of the molecule is Cc1cc(N)ccc1-c1nnnn1CC(C)C1CC1. The third kappa shape index (κ3) is 2.45. The van der Waals surface area contributed by atoms with Gasteiger partial charge in [0.2, 0.25) is 0 Å². The first-order valence-electron chi connectivity index (χ1n) is 6.78. The first kappa shape index (κ1) is 12.1. The molecule has 0 amide bonds. The van der Waals surface area contributed by atoms with Crippen LogP contribution in [0.1, 0.15) is 25.3 Å². The maximum Gasteiger partial charge on any atom is 0.182 e. The van der Waals surface area contributed by atoms with Crippen LogP contribution in [0, 0.1) is 18.8 Å². The van der Waals surface area contributed by atoms with Crippen LogP contribution in [0.4, 0.5) is 5.69 Å². The van der Waals surface area contributed by atoms with Crippen molar-refractivity contribution in [2.24, 2.45) is 11.8 Å². The van der Waals surface area contributed by atoms with Crippen molar-refractivity contribution in [2.45, 2.75) is 33.2 Å². The van der Waals surface area contributed by atoms with E-state index in [-0.39, 0.29) is 0 Å². The van der Waals surface area contributed by atoms with Gasteiger partial charge in [0, 0.05) is 17.8 Å². The molecular weight excluding hydrogens is 238 g/mol. The first-order valence-corrected chi connectivity index (χ1v) is 6.78. The normalized spacial score (nSPS) is 16.5. The Labute approximate surface area is 112 Å². The average molecular weight is 257 g/mol. The molecule has 1 aromatic heterocycles. The van der Waals surface area contributed by atoms with Gasteiger partial charge in [-0.3, -0.25) is 0 Å². The van der Waals surface area contributed by atoms with Gasteiger partial charge in [0.25, 0.3) is 0 Å². The largest absolute Gasteiger partial charge is 0.399 e. The molecule has 1 atom stereocenters. The Bertz CT molecular complexity index is 585. The molecule has 1 fully saturated rings. The Hall–Kier alpha value is -1.91. The number of aryl methyl sites for hydroxylation is 1. The summed E-state index contributed by atoms with van der Waals surface area (Å²) in [6, 6.07) is 5.85. The van der Waals surface area contributed by atoms with E-state index in [0.717, 1.165) is 35.1 Å². The van der Waals surface area contributed by atoms with E-state index in [4.69, 9.17) is 5.73 Å². The Morgan fingerprint density at radius 1 is 1.42 bits per heavy atom. The third-order valence-corrected chi connectivity index (χ3v) is 3.91. The molecule has 1 aliphatic carbocycles. The molecule has 3 rings (SSSR count). The van der Waals surface area contributed by atoms with E-state index in [0.29, 0.717) is 5.92 Å². The molecule has 1 aliphatic rings. The van der Waals surface area contributed by atoms with Gasteiger partial charge in [-0.25, -0.2) is 4.68 Å². The van der Waals surface area contributed by atoms with Gasteiger partial charge in [-0.15, -0.1) is 5.10 Å². The van der Waals surface area contributed by atoms with Crippen molar-refractivity contribution < 1.29 is 0 Å². The molecule has 5 nitrogen and oxygen atoms in total. The predicted octanol–water partition coefficient (Wildman–Crippen LogP) is 2.28. The number of nitrogens with two attached hydrogens (primary N) is 1. The zero-order valence-electron chi connectivity index (χ0n) is 11.4. The number of hydrogen-bond acceptors (Lipinski definition) is 4. The number of tetrazole rings is 1. The number of anilines is 1. The molecule has 1 aromatic carbocycles. The lowest BCUT2D eigenvalue weighted by Gasteiger charge is -2.12. The molecule has 1 unspecified atom stereocenters. The molecule has 0 spiro atoms. The van der Waals surface area contributed by atoms with Crippen LogP contribution in [0.15, 0.2) is 18.2 Å². The van der Waals surface area contributed by atoms with Crippen LogP contribution in [0.2, 0.25) is 0 Å². The summed E-state index contributed by atoms with van der Waals surface area (Å²) in [6.45, 7) is 5.20. The summed E-state index contributed by atoms with van der Waals surface area (Å²) < 4.78 is 1.92. The number of hydrogen-bond donors (Lipinski definition) is 1. The second kappa shape index (κ2) is 4.64. The number of aromatic nitrogens is 4. The van der Waals surface area contributed by atoms with Crippen LogP contribution < -0.4 is 5.73 Å². The molecule has 2 N–H and O–H groups in total. The highest BCUT2D eigenvalue weighted by Crippen LogP contribution is 2.37. The highest BCUT2D eigenvalue weighted by atomic mass is 15.5. The lowest BCUT2D eigenvalue weighted by Crippen LogP contribution is -2.12. The molecular formula is C14H19N5. The van der Waals surface area contributed by atoms with Crippen LogP contribution in [0.3, 0.4) is 0 Å². The lowest BCUT2D eigenvalue weighted by molar-refractivity contribution is 0.402. The molecule has 0 saturated heterocycles. The van der Waals surface area contributed by atoms with E-state index >= 15 is 0 Å². The fourth-order valence-electron chi connectivity index (χ4n) is 2.55. The number of rotatable bonds is 4. The number of nitrogen functional groups attached to an aromatic ring is 1. The summed E-state index contributed by atoms with van der Waals surface area (Å²) >= 11 is 0. The Kier molecular flexibility index (Phi) is 2.97. The third-order valence-electron chi connectivity index (χ3n) is 3.91. The van der Waals surface area contributed by atoms with E-state index in [2.05, 4.69) is 22.4 Å². The fraction of sp³-hybridized carbons (Fsp3) is 0.500. The number of benzene rings is 1. The highest BCUT2D eigenvalue weighted by Gasteiger charge is 2.29. The fourth-order valence-corrected chi connectivity index (χ4v) is 2.55. The monoisotopic (exact) mass is 257 g/mol. The van der Waals surface area contributed by atoms with E-state index in [1.807, 2.05) is 29.8 Å². The van der Waals surface area contributed by atoms with Crippen molar-refractivity contribution in [2.75, 3.05) is 5.73 Å².